The summed E-state index contributed by atoms with van der Waals surface area (Å²) in [6.45, 7) is -2.48. The first-order valence-electron chi connectivity index (χ1n) is 11.0. The largest absolute Gasteiger partial charge is 0.394 e. The van der Waals surface area contributed by atoms with Crippen LogP contribution in [0.25, 0.3) is 0 Å². The van der Waals surface area contributed by atoms with E-state index in [0.29, 0.717) is 0 Å². The van der Waals surface area contributed by atoms with Crippen LogP contribution in [0.1, 0.15) is 0 Å². The number of hydrogen-bond donors (Lipinski definition) is 12. The minimum absolute atomic E-state index is 0.693. The zero-order valence-corrected chi connectivity index (χ0v) is 20.2. The number of rotatable bonds is 11. The highest BCUT2D eigenvalue weighted by atomic mass is 32.2. The first-order chi connectivity index (χ1) is 17.5. The SMILES string of the molecule is O=C([C@H](O)[C@@H](O)[C@H](O)[C@H](O)CO[C@H]1O[C@H](CO[C@H]2O[C@H](CO)[C@@H](O)[C@H](O)[C@H]2O)[C@@H](O)[C@H](O)[C@H]1O)S(=O)(=O)O. The summed E-state index contributed by atoms with van der Waals surface area (Å²) >= 11 is 0. The zero-order valence-electron chi connectivity index (χ0n) is 19.3. The highest BCUT2D eigenvalue weighted by molar-refractivity contribution is 8.01. The normalized spacial score (nSPS) is 39.8. The quantitative estimate of drug-likeness (QED) is 0.100. The Labute approximate surface area is 214 Å². The molecule has 38 heavy (non-hydrogen) atoms. The van der Waals surface area contributed by atoms with E-state index in [-0.39, 0.29) is 0 Å². The van der Waals surface area contributed by atoms with Crippen molar-refractivity contribution in [1.29, 1.82) is 0 Å². The minimum atomic E-state index is -5.44. The molecule has 224 valence electrons. The summed E-state index contributed by atoms with van der Waals surface area (Å²) < 4.78 is 50.8. The van der Waals surface area contributed by atoms with Crippen LogP contribution in [0.3, 0.4) is 0 Å². The molecule has 0 unspecified atom stereocenters. The van der Waals surface area contributed by atoms with Crippen LogP contribution in [0.5, 0.6) is 0 Å². The van der Waals surface area contributed by atoms with Crippen LogP contribution in [-0.4, -0.2) is 180 Å². The molecule has 2 aliphatic rings. The first-order valence-corrected chi connectivity index (χ1v) is 12.4. The third-order valence-corrected chi connectivity index (χ3v) is 6.69. The summed E-state index contributed by atoms with van der Waals surface area (Å²) in [5.74, 6) is 0. The molecule has 0 aromatic heterocycles. The van der Waals surface area contributed by atoms with Gasteiger partial charge in [0.05, 0.1) is 19.8 Å². The van der Waals surface area contributed by atoms with E-state index >= 15 is 0 Å². The van der Waals surface area contributed by atoms with E-state index in [1.165, 1.54) is 0 Å². The standard InChI is InChI=1S/C18H32O19S/c19-1-5-8(22)11(25)14(28)18(36-5)35-3-6-9(23)12(26)15(29)17(37-6)34-2-4(20)7(21)10(24)13(27)16(30)38(31,32)33/h4-15,17-29H,1-3H2,(H,31,32,33)/t4-,5-,6-,7-,8-,9-,10+,11+,12+,13-,14-,15-,17+,18+/m1/s1. The molecule has 2 saturated heterocycles. The predicted molar refractivity (Wildman–Crippen MR) is 113 cm³/mol. The second kappa shape index (κ2) is 13.6. The molecular formula is C18H32O19S. The van der Waals surface area contributed by atoms with Crippen LogP contribution in [0.4, 0.5) is 0 Å². The van der Waals surface area contributed by atoms with Gasteiger partial charge in [-0.25, -0.2) is 0 Å². The summed E-state index contributed by atoms with van der Waals surface area (Å²) in [6.07, 6.45) is -27.4. The number of carbonyl (C=O) groups excluding carboxylic acids is 1. The van der Waals surface area contributed by atoms with Gasteiger partial charge in [-0.1, -0.05) is 0 Å². The van der Waals surface area contributed by atoms with Crippen molar-refractivity contribution >= 4 is 15.2 Å². The predicted octanol–water partition coefficient (Wildman–Crippen LogP) is -8.51. The molecule has 2 fully saturated rings. The van der Waals surface area contributed by atoms with Crippen molar-refractivity contribution < 1.29 is 92.9 Å². The fourth-order valence-corrected chi connectivity index (χ4v) is 4.03. The molecule has 12 N–H and O–H groups in total. The summed E-state index contributed by atoms with van der Waals surface area (Å²) in [4.78, 5) is 11.3. The van der Waals surface area contributed by atoms with Crippen LogP contribution in [0.15, 0.2) is 0 Å². The van der Waals surface area contributed by atoms with E-state index in [4.69, 9.17) is 23.5 Å². The molecular weight excluding hydrogens is 552 g/mol. The number of carbonyl (C=O) groups is 1. The Kier molecular flexibility index (Phi) is 11.8. The highest BCUT2D eigenvalue weighted by Gasteiger charge is 2.48. The smallest absolute Gasteiger partial charge is 0.331 e. The molecule has 19 nitrogen and oxygen atoms in total. The van der Waals surface area contributed by atoms with Gasteiger partial charge in [0, 0.05) is 0 Å². The molecule has 14 atom stereocenters. The van der Waals surface area contributed by atoms with Crippen molar-refractivity contribution in [3.63, 3.8) is 0 Å². The van der Waals surface area contributed by atoms with Gasteiger partial charge in [-0.15, -0.1) is 0 Å². The lowest BCUT2D eigenvalue weighted by molar-refractivity contribution is -0.333. The Hall–Kier alpha value is -1.02. The number of hydrogen-bond acceptors (Lipinski definition) is 18. The van der Waals surface area contributed by atoms with E-state index in [2.05, 4.69) is 0 Å². The monoisotopic (exact) mass is 584 g/mol. The minimum Gasteiger partial charge on any atom is -0.394 e. The lowest BCUT2D eigenvalue weighted by Gasteiger charge is -2.42. The lowest BCUT2D eigenvalue weighted by Crippen LogP contribution is -2.62. The van der Waals surface area contributed by atoms with Gasteiger partial charge < -0.3 is 75.1 Å². The average Bonchev–Trinajstić information content (AvgIpc) is 2.87. The van der Waals surface area contributed by atoms with Gasteiger partial charge >= 0.3 is 15.2 Å². The van der Waals surface area contributed by atoms with Crippen LogP contribution >= 0.6 is 0 Å². The Morgan fingerprint density at radius 3 is 1.71 bits per heavy atom. The van der Waals surface area contributed by atoms with Crippen molar-refractivity contribution in [2.45, 2.75) is 85.8 Å². The van der Waals surface area contributed by atoms with E-state index in [9.17, 15) is 69.4 Å². The van der Waals surface area contributed by atoms with Crippen LogP contribution < -0.4 is 0 Å². The van der Waals surface area contributed by atoms with Crippen LogP contribution in [-0.2, 0) is 33.9 Å². The van der Waals surface area contributed by atoms with E-state index in [1.807, 2.05) is 0 Å². The third kappa shape index (κ3) is 7.58. The van der Waals surface area contributed by atoms with Gasteiger partial charge in [-0.2, -0.15) is 8.42 Å². The number of aliphatic hydroxyl groups excluding tert-OH is 11. The fraction of sp³-hybridized carbons (Fsp3) is 0.944. The van der Waals surface area contributed by atoms with Crippen molar-refractivity contribution in [2.75, 3.05) is 19.8 Å². The lowest BCUT2D eigenvalue weighted by atomic mass is 9.98. The van der Waals surface area contributed by atoms with Gasteiger partial charge in [-0.3, -0.25) is 9.35 Å². The second-order valence-corrected chi connectivity index (χ2v) is 10.0. The average molecular weight is 585 g/mol. The molecule has 2 aliphatic heterocycles. The topological polar surface area (TPSA) is 331 Å². The third-order valence-electron chi connectivity index (χ3n) is 5.94. The van der Waals surface area contributed by atoms with E-state index < -0.39 is 121 Å². The Bertz CT molecular complexity index is 870. The van der Waals surface area contributed by atoms with Crippen molar-refractivity contribution in [3.05, 3.63) is 0 Å². The van der Waals surface area contributed by atoms with E-state index in [0.717, 1.165) is 0 Å². The zero-order chi connectivity index (χ0) is 29.1. The Balaban J connectivity index is 1.98. The molecule has 0 bridgehead atoms. The van der Waals surface area contributed by atoms with Crippen molar-refractivity contribution in [2.24, 2.45) is 0 Å². The summed E-state index contributed by atoms with van der Waals surface area (Å²) in [5, 5.41) is 106. The first kappa shape index (κ1) is 33.2. The van der Waals surface area contributed by atoms with Gasteiger partial charge in [0.15, 0.2) is 18.7 Å². The number of aliphatic hydroxyl groups is 11. The van der Waals surface area contributed by atoms with Gasteiger partial charge in [0.1, 0.15) is 67.1 Å². The number of ether oxygens (including phenoxy) is 4. The molecule has 0 saturated carbocycles. The Morgan fingerprint density at radius 2 is 1.21 bits per heavy atom. The summed E-state index contributed by atoms with van der Waals surface area (Å²) in [7, 11) is -5.44. The molecule has 0 radical (unpaired) electrons. The van der Waals surface area contributed by atoms with Gasteiger partial charge in [0.2, 0.25) is 0 Å². The Morgan fingerprint density at radius 1 is 0.737 bits per heavy atom. The van der Waals surface area contributed by atoms with Crippen LogP contribution in [0, 0.1) is 0 Å². The van der Waals surface area contributed by atoms with Crippen molar-refractivity contribution in [3.8, 4) is 0 Å². The molecule has 2 rings (SSSR count). The molecule has 0 aromatic carbocycles. The highest BCUT2D eigenvalue weighted by Crippen LogP contribution is 2.26. The second-order valence-electron chi connectivity index (χ2n) is 8.67. The maximum Gasteiger partial charge on any atom is 0.331 e. The van der Waals surface area contributed by atoms with Gasteiger partial charge in [0.25, 0.3) is 0 Å². The molecule has 0 aromatic rings. The molecule has 0 aliphatic carbocycles. The van der Waals surface area contributed by atoms with Crippen LogP contribution in [0.2, 0.25) is 0 Å². The maximum atomic E-state index is 11.3. The van der Waals surface area contributed by atoms with Gasteiger partial charge in [-0.05, 0) is 0 Å². The molecule has 20 heteroatoms. The molecule has 2 heterocycles. The summed E-state index contributed by atoms with van der Waals surface area (Å²) in [6, 6.07) is 0. The molecule has 0 amide bonds. The molecule has 0 spiro atoms. The van der Waals surface area contributed by atoms with Crippen molar-refractivity contribution in [1.82, 2.24) is 0 Å². The maximum absolute atomic E-state index is 11.3. The van der Waals surface area contributed by atoms with E-state index in [1.54, 1.807) is 0 Å². The fourth-order valence-electron chi connectivity index (χ4n) is 3.59. The summed E-state index contributed by atoms with van der Waals surface area (Å²) in [5.41, 5.74) is 0.